The first-order chi connectivity index (χ1) is 7.65. The zero-order valence-electron chi connectivity index (χ0n) is 8.05. The minimum atomic E-state index is -0.408. The molecule has 0 fully saturated rings. The number of hydrogen-bond donors (Lipinski definition) is 1. The highest BCUT2D eigenvalue weighted by atomic mass is 79.9. The molecule has 0 aliphatic heterocycles. The molecule has 1 N–H and O–H groups in total. The van der Waals surface area contributed by atoms with Crippen LogP contribution in [0.15, 0.2) is 41.0 Å². The highest BCUT2D eigenvalue weighted by Gasteiger charge is 2.03. The Bertz CT molecular complexity index is 519. The number of rotatable bonds is 2. The van der Waals surface area contributed by atoms with Crippen LogP contribution in [0.2, 0.25) is 5.02 Å². The fraction of sp³-hybridized carbons (Fsp3) is 0. The lowest BCUT2D eigenvalue weighted by Crippen LogP contribution is -1.95. The summed E-state index contributed by atoms with van der Waals surface area (Å²) in [5.74, 6) is 0.157. The van der Waals surface area contributed by atoms with Crippen LogP contribution in [0.4, 0.5) is 15.9 Å². The summed E-state index contributed by atoms with van der Waals surface area (Å²) < 4.78 is 14.1. The number of hydrogen-bond acceptors (Lipinski definition) is 2. The molecule has 0 bridgehead atoms. The van der Waals surface area contributed by atoms with Gasteiger partial charge in [0, 0.05) is 5.02 Å². The van der Waals surface area contributed by atoms with Crippen LogP contribution in [0.5, 0.6) is 0 Å². The molecule has 0 saturated heterocycles. The summed E-state index contributed by atoms with van der Waals surface area (Å²) in [4.78, 5) is 4.14. The van der Waals surface area contributed by atoms with Crippen LogP contribution in [0.25, 0.3) is 0 Å². The van der Waals surface area contributed by atoms with Crippen LogP contribution in [0.3, 0.4) is 0 Å². The Hall–Kier alpha value is -1.13. The van der Waals surface area contributed by atoms with Gasteiger partial charge in [-0.3, -0.25) is 0 Å². The van der Waals surface area contributed by atoms with Gasteiger partial charge in [0.15, 0.2) is 0 Å². The van der Waals surface area contributed by atoms with Gasteiger partial charge in [-0.1, -0.05) is 17.7 Å². The highest BCUT2D eigenvalue weighted by molar-refractivity contribution is 9.10. The molecule has 0 spiro atoms. The topological polar surface area (TPSA) is 24.9 Å². The SMILES string of the molecule is Fc1cc(Cl)ccc1Nc1cccc(Br)n1. The van der Waals surface area contributed by atoms with Gasteiger partial charge in [0.1, 0.15) is 16.2 Å². The lowest BCUT2D eigenvalue weighted by Gasteiger charge is -2.06. The molecule has 5 heteroatoms. The van der Waals surface area contributed by atoms with Crippen molar-refractivity contribution in [3.05, 3.63) is 51.8 Å². The number of anilines is 2. The molecule has 0 aliphatic rings. The van der Waals surface area contributed by atoms with Crippen LogP contribution in [-0.2, 0) is 0 Å². The van der Waals surface area contributed by atoms with E-state index in [1.54, 1.807) is 24.3 Å². The van der Waals surface area contributed by atoms with E-state index in [2.05, 4.69) is 26.2 Å². The Morgan fingerprint density at radius 3 is 2.75 bits per heavy atom. The van der Waals surface area contributed by atoms with Crippen LogP contribution in [0.1, 0.15) is 0 Å². The van der Waals surface area contributed by atoms with E-state index in [1.807, 2.05) is 6.07 Å². The number of aromatic nitrogens is 1. The first kappa shape index (κ1) is 11.4. The molecule has 0 amide bonds. The molecule has 0 atom stereocenters. The third-order valence-corrected chi connectivity index (χ3v) is 2.59. The van der Waals surface area contributed by atoms with Gasteiger partial charge in [0.05, 0.1) is 5.69 Å². The first-order valence-corrected chi connectivity index (χ1v) is 5.67. The zero-order chi connectivity index (χ0) is 11.5. The van der Waals surface area contributed by atoms with E-state index in [0.717, 1.165) is 0 Å². The summed E-state index contributed by atoms with van der Waals surface area (Å²) in [6.45, 7) is 0. The number of halogens is 3. The van der Waals surface area contributed by atoms with Crippen LogP contribution >= 0.6 is 27.5 Å². The second-order valence-electron chi connectivity index (χ2n) is 3.09. The van der Waals surface area contributed by atoms with Crippen molar-refractivity contribution in [2.24, 2.45) is 0 Å². The molecule has 0 saturated carbocycles. The molecule has 1 aromatic heterocycles. The van der Waals surface area contributed by atoms with Gasteiger partial charge in [-0.2, -0.15) is 0 Å². The molecule has 0 aliphatic carbocycles. The Morgan fingerprint density at radius 2 is 2.06 bits per heavy atom. The predicted molar refractivity (Wildman–Crippen MR) is 66.6 cm³/mol. The second kappa shape index (κ2) is 4.80. The van der Waals surface area contributed by atoms with Crippen molar-refractivity contribution >= 4 is 39.0 Å². The van der Waals surface area contributed by atoms with Gasteiger partial charge in [-0.05, 0) is 46.3 Å². The van der Waals surface area contributed by atoms with Crippen molar-refractivity contribution in [1.82, 2.24) is 4.98 Å². The molecule has 2 rings (SSSR count). The molecule has 82 valence electrons. The molecule has 1 aromatic carbocycles. The second-order valence-corrected chi connectivity index (χ2v) is 4.34. The molecular formula is C11H7BrClFN2. The first-order valence-electron chi connectivity index (χ1n) is 4.50. The van der Waals surface area contributed by atoms with Crippen molar-refractivity contribution in [3.63, 3.8) is 0 Å². The Balaban J connectivity index is 2.27. The largest absolute Gasteiger partial charge is 0.338 e. The van der Waals surface area contributed by atoms with Gasteiger partial charge in [0.25, 0.3) is 0 Å². The summed E-state index contributed by atoms with van der Waals surface area (Å²) in [5, 5.41) is 3.23. The smallest absolute Gasteiger partial charge is 0.148 e. The predicted octanol–water partition coefficient (Wildman–Crippen LogP) is 4.38. The number of benzene rings is 1. The van der Waals surface area contributed by atoms with E-state index in [9.17, 15) is 4.39 Å². The molecule has 2 nitrogen and oxygen atoms in total. The third-order valence-electron chi connectivity index (χ3n) is 1.91. The molecule has 16 heavy (non-hydrogen) atoms. The summed E-state index contributed by atoms with van der Waals surface area (Å²) in [6.07, 6.45) is 0. The van der Waals surface area contributed by atoms with Gasteiger partial charge < -0.3 is 5.32 Å². The van der Waals surface area contributed by atoms with Crippen molar-refractivity contribution in [1.29, 1.82) is 0 Å². The molecule has 2 aromatic rings. The average molecular weight is 302 g/mol. The van der Waals surface area contributed by atoms with Gasteiger partial charge in [-0.15, -0.1) is 0 Å². The molecule has 1 heterocycles. The van der Waals surface area contributed by atoms with Crippen molar-refractivity contribution in [3.8, 4) is 0 Å². The highest BCUT2D eigenvalue weighted by Crippen LogP contribution is 2.22. The Kier molecular flexibility index (Phi) is 3.41. The molecule has 0 unspecified atom stereocenters. The van der Waals surface area contributed by atoms with Crippen molar-refractivity contribution in [2.45, 2.75) is 0 Å². The molecular weight excluding hydrogens is 294 g/mol. The lowest BCUT2D eigenvalue weighted by molar-refractivity contribution is 0.632. The fourth-order valence-corrected chi connectivity index (χ4v) is 1.71. The van der Waals surface area contributed by atoms with Crippen LogP contribution < -0.4 is 5.32 Å². The summed E-state index contributed by atoms with van der Waals surface area (Å²) in [5.41, 5.74) is 0.343. The van der Waals surface area contributed by atoms with Crippen LogP contribution in [-0.4, -0.2) is 4.98 Å². The quantitative estimate of drug-likeness (QED) is 0.833. The Morgan fingerprint density at radius 1 is 1.25 bits per heavy atom. The number of nitrogens with one attached hydrogen (secondary N) is 1. The lowest BCUT2D eigenvalue weighted by atomic mass is 10.3. The maximum Gasteiger partial charge on any atom is 0.148 e. The minimum absolute atomic E-state index is 0.343. The fourth-order valence-electron chi connectivity index (χ4n) is 1.21. The number of nitrogens with zero attached hydrogens (tertiary/aromatic N) is 1. The minimum Gasteiger partial charge on any atom is -0.338 e. The maximum atomic E-state index is 13.5. The summed E-state index contributed by atoms with van der Waals surface area (Å²) in [6, 6.07) is 9.79. The van der Waals surface area contributed by atoms with E-state index in [4.69, 9.17) is 11.6 Å². The van der Waals surface area contributed by atoms with E-state index in [0.29, 0.717) is 21.1 Å². The zero-order valence-corrected chi connectivity index (χ0v) is 10.4. The van der Waals surface area contributed by atoms with Gasteiger partial charge in [0.2, 0.25) is 0 Å². The van der Waals surface area contributed by atoms with E-state index >= 15 is 0 Å². The summed E-state index contributed by atoms with van der Waals surface area (Å²) in [7, 11) is 0. The standard InChI is InChI=1S/C11H7BrClFN2/c12-10-2-1-3-11(16-10)15-9-5-4-7(13)6-8(9)14/h1-6H,(H,15,16). The van der Waals surface area contributed by atoms with Crippen LogP contribution in [0, 0.1) is 5.82 Å². The van der Waals surface area contributed by atoms with Gasteiger partial charge in [-0.25, -0.2) is 9.37 Å². The monoisotopic (exact) mass is 300 g/mol. The third kappa shape index (κ3) is 2.71. The summed E-state index contributed by atoms with van der Waals surface area (Å²) >= 11 is 8.89. The van der Waals surface area contributed by atoms with Gasteiger partial charge >= 0.3 is 0 Å². The Labute approximate surface area is 106 Å². The normalized spacial score (nSPS) is 10.2. The van der Waals surface area contributed by atoms with E-state index in [-0.39, 0.29) is 0 Å². The number of pyridine rings is 1. The van der Waals surface area contributed by atoms with Crippen molar-refractivity contribution < 1.29 is 4.39 Å². The maximum absolute atomic E-state index is 13.5. The van der Waals surface area contributed by atoms with Crippen molar-refractivity contribution in [2.75, 3.05) is 5.32 Å². The van der Waals surface area contributed by atoms with E-state index in [1.165, 1.54) is 6.07 Å². The average Bonchev–Trinajstić information content (AvgIpc) is 2.22. The van der Waals surface area contributed by atoms with E-state index < -0.39 is 5.82 Å². The molecule has 0 radical (unpaired) electrons.